The van der Waals surface area contributed by atoms with Gasteiger partial charge < -0.3 is 11.5 Å². The Morgan fingerprint density at radius 2 is 2.20 bits per heavy atom. The lowest BCUT2D eigenvalue weighted by molar-refractivity contribution is -0.119. The molecule has 6 heteroatoms. The number of nitrogens with zero attached hydrogens (tertiary/aromatic N) is 3. The zero-order valence-electron chi connectivity index (χ0n) is 8.68. The number of nitrogens with two attached hydrogens (primary N) is 2. The number of amides is 1. The molecule has 0 fully saturated rings. The highest BCUT2D eigenvalue weighted by Gasteiger charge is 2.07. The normalized spacial score (nSPS) is 10.5. The predicted octanol–water partition coefficient (Wildman–Crippen LogP) is -0.634. The first-order valence-corrected chi connectivity index (χ1v) is 4.69. The highest BCUT2D eigenvalue weighted by Crippen LogP contribution is 2.01. The van der Waals surface area contributed by atoms with Crippen molar-refractivity contribution in [1.82, 2.24) is 14.9 Å². The fraction of sp³-hybridized carbons (Fsp3) is 0.444. The minimum Gasteiger partial charge on any atom is -0.382 e. The number of hydrogen-bond donors (Lipinski definition) is 2. The predicted molar refractivity (Wildman–Crippen MR) is 56.6 cm³/mol. The van der Waals surface area contributed by atoms with Gasteiger partial charge in [0.1, 0.15) is 5.82 Å². The van der Waals surface area contributed by atoms with Crippen LogP contribution in [0.15, 0.2) is 12.4 Å². The van der Waals surface area contributed by atoms with Gasteiger partial charge in [-0.05, 0) is 6.54 Å². The summed E-state index contributed by atoms with van der Waals surface area (Å²) in [5.41, 5.74) is 11.3. The Bertz CT molecular complexity index is 324. The van der Waals surface area contributed by atoms with Gasteiger partial charge in [-0.25, -0.2) is 4.98 Å². The molecule has 0 radical (unpaired) electrons. The number of aromatic nitrogens is 2. The number of nitrogen functional groups attached to an aromatic ring is 1. The summed E-state index contributed by atoms with van der Waals surface area (Å²) in [6.07, 6.45) is 3.09. The second-order valence-corrected chi connectivity index (χ2v) is 3.20. The molecule has 15 heavy (non-hydrogen) atoms. The summed E-state index contributed by atoms with van der Waals surface area (Å²) in [5.74, 6) is 0.0388. The van der Waals surface area contributed by atoms with Crippen molar-refractivity contribution in [2.75, 3.05) is 18.8 Å². The number of anilines is 1. The summed E-state index contributed by atoms with van der Waals surface area (Å²) < 4.78 is 0. The van der Waals surface area contributed by atoms with Crippen molar-refractivity contribution in [2.24, 2.45) is 5.73 Å². The Kier molecular flexibility index (Phi) is 3.99. The van der Waals surface area contributed by atoms with Crippen LogP contribution in [-0.2, 0) is 11.3 Å². The monoisotopic (exact) mass is 209 g/mol. The maximum Gasteiger partial charge on any atom is 0.231 e. The number of carbonyl (C=O) groups excluding carboxylic acids is 1. The van der Waals surface area contributed by atoms with Crippen molar-refractivity contribution in [1.29, 1.82) is 0 Å². The first-order chi connectivity index (χ1) is 7.11. The Morgan fingerprint density at radius 3 is 2.67 bits per heavy atom. The van der Waals surface area contributed by atoms with E-state index in [1.807, 2.05) is 11.8 Å². The lowest BCUT2D eigenvalue weighted by Gasteiger charge is -2.17. The SMILES string of the molecule is CCN(CC(N)=O)Cc1cnc(N)cn1. The molecule has 0 saturated carbocycles. The van der Waals surface area contributed by atoms with Crippen LogP contribution in [0.4, 0.5) is 5.82 Å². The summed E-state index contributed by atoms with van der Waals surface area (Å²) in [6, 6.07) is 0. The minimum atomic E-state index is -0.347. The molecule has 1 amide bonds. The summed E-state index contributed by atoms with van der Waals surface area (Å²) in [6.45, 7) is 3.46. The number of likely N-dealkylation sites (N-methyl/N-ethyl adjacent to an activating group) is 1. The average molecular weight is 209 g/mol. The molecule has 0 aromatic carbocycles. The Balaban J connectivity index is 2.58. The minimum absolute atomic E-state index is 0.225. The van der Waals surface area contributed by atoms with E-state index in [9.17, 15) is 4.79 Å². The van der Waals surface area contributed by atoms with Gasteiger partial charge in [0.2, 0.25) is 5.91 Å². The fourth-order valence-corrected chi connectivity index (χ4v) is 1.18. The van der Waals surface area contributed by atoms with Crippen LogP contribution in [0.1, 0.15) is 12.6 Å². The van der Waals surface area contributed by atoms with Crippen molar-refractivity contribution in [3.05, 3.63) is 18.1 Å². The third-order valence-corrected chi connectivity index (χ3v) is 1.94. The summed E-state index contributed by atoms with van der Waals surface area (Å²) in [5, 5.41) is 0. The molecule has 0 aliphatic heterocycles. The molecule has 0 atom stereocenters. The van der Waals surface area contributed by atoms with E-state index in [2.05, 4.69) is 9.97 Å². The van der Waals surface area contributed by atoms with Crippen molar-refractivity contribution in [3.63, 3.8) is 0 Å². The zero-order valence-corrected chi connectivity index (χ0v) is 8.68. The number of rotatable bonds is 5. The van der Waals surface area contributed by atoms with E-state index in [1.54, 1.807) is 6.20 Å². The average Bonchev–Trinajstić information content (AvgIpc) is 2.19. The van der Waals surface area contributed by atoms with Crippen LogP contribution in [0.25, 0.3) is 0 Å². The van der Waals surface area contributed by atoms with E-state index >= 15 is 0 Å². The molecule has 1 aromatic heterocycles. The largest absolute Gasteiger partial charge is 0.382 e. The van der Waals surface area contributed by atoms with Crippen molar-refractivity contribution in [2.45, 2.75) is 13.5 Å². The van der Waals surface area contributed by atoms with Crippen LogP contribution in [0.2, 0.25) is 0 Å². The summed E-state index contributed by atoms with van der Waals surface area (Å²) >= 11 is 0. The van der Waals surface area contributed by atoms with E-state index < -0.39 is 0 Å². The topological polar surface area (TPSA) is 98.1 Å². The van der Waals surface area contributed by atoms with Gasteiger partial charge in [0.15, 0.2) is 0 Å². The maximum atomic E-state index is 10.7. The molecule has 82 valence electrons. The third kappa shape index (κ3) is 3.90. The quantitative estimate of drug-likeness (QED) is 0.672. The highest BCUT2D eigenvalue weighted by molar-refractivity contribution is 5.75. The number of primary amides is 1. The molecule has 6 nitrogen and oxygen atoms in total. The van der Waals surface area contributed by atoms with Crippen molar-refractivity contribution in [3.8, 4) is 0 Å². The van der Waals surface area contributed by atoms with Crippen LogP contribution in [0, 0.1) is 0 Å². The van der Waals surface area contributed by atoms with Gasteiger partial charge in [0, 0.05) is 6.54 Å². The molecule has 0 saturated heterocycles. The lowest BCUT2D eigenvalue weighted by atomic mass is 10.3. The molecule has 1 aromatic rings. The molecule has 1 rings (SSSR count). The zero-order chi connectivity index (χ0) is 11.3. The molecule has 0 aliphatic rings. The Labute approximate surface area is 88.3 Å². The second-order valence-electron chi connectivity index (χ2n) is 3.20. The molecule has 0 spiro atoms. The van der Waals surface area contributed by atoms with Gasteiger partial charge in [-0.3, -0.25) is 14.7 Å². The van der Waals surface area contributed by atoms with Crippen LogP contribution in [0.3, 0.4) is 0 Å². The molecule has 0 aliphatic carbocycles. The van der Waals surface area contributed by atoms with E-state index in [-0.39, 0.29) is 12.5 Å². The van der Waals surface area contributed by atoms with E-state index in [0.29, 0.717) is 12.4 Å². The number of carbonyl (C=O) groups is 1. The molecular formula is C9H15N5O. The summed E-state index contributed by atoms with van der Waals surface area (Å²) in [4.78, 5) is 20.6. The molecule has 0 bridgehead atoms. The summed E-state index contributed by atoms with van der Waals surface area (Å²) in [7, 11) is 0. The van der Waals surface area contributed by atoms with Crippen LogP contribution < -0.4 is 11.5 Å². The van der Waals surface area contributed by atoms with Gasteiger partial charge in [-0.2, -0.15) is 0 Å². The smallest absolute Gasteiger partial charge is 0.231 e. The van der Waals surface area contributed by atoms with Crippen molar-refractivity contribution < 1.29 is 4.79 Å². The van der Waals surface area contributed by atoms with Crippen LogP contribution in [0.5, 0.6) is 0 Å². The van der Waals surface area contributed by atoms with Gasteiger partial charge in [-0.1, -0.05) is 6.92 Å². The Hall–Kier alpha value is -1.69. The number of hydrogen-bond acceptors (Lipinski definition) is 5. The molecular weight excluding hydrogens is 194 g/mol. The van der Waals surface area contributed by atoms with Gasteiger partial charge in [-0.15, -0.1) is 0 Å². The third-order valence-electron chi connectivity index (χ3n) is 1.94. The molecule has 4 N–H and O–H groups in total. The highest BCUT2D eigenvalue weighted by atomic mass is 16.1. The standard InChI is InChI=1S/C9H15N5O/c1-2-14(6-9(11)15)5-7-3-13-8(10)4-12-7/h3-4H,2,5-6H2,1H3,(H2,10,13)(H2,11,15). The first kappa shape index (κ1) is 11.4. The van der Waals surface area contributed by atoms with Gasteiger partial charge in [0.25, 0.3) is 0 Å². The van der Waals surface area contributed by atoms with Gasteiger partial charge >= 0.3 is 0 Å². The van der Waals surface area contributed by atoms with Crippen molar-refractivity contribution >= 4 is 11.7 Å². The van der Waals surface area contributed by atoms with E-state index in [4.69, 9.17) is 11.5 Å². The van der Waals surface area contributed by atoms with E-state index in [0.717, 1.165) is 12.2 Å². The van der Waals surface area contributed by atoms with Gasteiger partial charge in [0.05, 0.1) is 24.6 Å². The van der Waals surface area contributed by atoms with Crippen LogP contribution >= 0.6 is 0 Å². The van der Waals surface area contributed by atoms with E-state index in [1.165, 1.54) is 6.20 Å². The first-order valence-electron chi connectivity index (χ1n) is 4.69. The second kappa shape index (κ2) is 5.26. The Morgan fingerprint density at radius 1 is 1.47 bits per heavy atom. The van der Waals surface area contributed by atoms with Crippen LogP contribution in [-0.4, -0.2) is 33.9 Å². The molecule has 0 unspecified atom stereocenters. The fourth-order valence-electron chi connectivity index (χ4n) is 1.18. The lowest BCUT2D eigenvalue weighted by Crippen LogP contribution is -2.33. The maximum absolute atomic E-state index is 10.7. The molecule has 1 heterocycles.